The molecule has 1 saturated heterocycles. The number of thiazole rings is 1. The van der Waals surface area contributed by atoms with Gasteiger partial charge < -0.3 is 9.64 Å². The van der Waals surface area contributed by atoms with Crippen molar-refractivity contribution in [2.75, 3.05) is 33.3 Å². The van der Waals surface area contributed by atoms with E-state index >= 15 is 0 Å². The highest BCUT2D eigenvalue weighted by molar-refractivity contribution is 7.09. The second-order valence-electron chi connectivity index (χ2n) is 8.20. The molecule has 3 aromatic rings. The van der Waals surface area contributed by atoms with E-state index < -0.39 is 0 Å². The van der Waals surface area contributed by atoms with E-state index in [4.69, 9.17) is 9.72 Å². The summed E-state index contributed by atoms with van der Waals surface area (Å²) in [7, 11) is 1.67. The highest BCUT2D eigenvalue weighted by Crippen LogP contribution is 2.25. The number of carbonyl (C=O) groups is 1. The normalized spacial score (nSPS) is 14.6. The Morgan fingerprint density at radius 1 is 1.03 bits per heavy atom. The molecule has 0 atom stereocenters. The van der Waals surface area contributed by atoms with E-state index in [0.29, 0.717) is 0 Å². The fourth-order valence-electron chi connectivity index (χ4n) is 4.25. The van der Waals surface area contributed by atoms with Crippen LogP contribution in [0.4, 0.5) is 0 Å². The molecule has 1 aliphatic rings. The Kier molecular flexibility index (Phi) is 6.39. The number of hydrogen-bond acceptors (Lipinski definition) is 5. The van der Waals surface area contributed by atoms with Gasteiger partial charge in [0.05, 0.1) is 19.3 Å². The number of carbonyl (C=O) groups excluding carboxylic acids is 1. The van der Waals surface area contributed by atoms with Crippen molar-refractivity contribution >= 4 is 17.2 Å². The summed E-state index contributed by atoms with van der Waals surface area (Å²) < 4.78 is 5.23. The predicted octanol–water partition coefficient (Wildman–Crippen LogP) is 4.70. The van der Waals surface area contributed by atoms with E-state index in [1.807, 2.05) is 43.0 Å². The maximum Gasteiger partial charge on any atom is 0.254 e. The number of piperazine rings is 1. The van der Waals surface area contributed by atoms with Gasteiger partial charge in [-0.2, -0.15) is 0 Å². The highest BCUT2D eigenvalue weighted by atomic mass is 32.1. The summed E-state index contributed by atoms with van der Waals surface area (Å²) in [4.78, 5) is 22.3. The van der Waals surface area contributed by atoms with E-state index in [0.717, 1.165) is 71.4 Å². The Bertz CT molecular complexity index is 1040. The quantitative estimate of drug-likeness (QED) is 0.583. The molecule has 1 aliphatic heterocycles. The summed E-state index contributed by atoms with van der Waals surface area (Å²) in [5.41, 5.74) is 6.30. The van der Waals surface area contributed by atoms with Gasteiger partial charge in [-0.3, -0.25) is 9.69 Å². The van der Waals surface area contributed by atoms with Crippen LogP contribution in [-0.4, -0.2) is 54.0 Å². The van der Waals surface area contributed by atoms with Crippen molar-refractivity contribution in [1.82, 2.24) is 14.8 Å². The molecule has 0 saturated carbocycles. The van der Waals surface area contributed by atoms with Gasteiger partial charge in [0.1, 0.15) is 10.8 Å². The average Bonchev–Trinajstić information content (AvgIpc) is 3.22. The fourth-order valence-corrected chi connectivity index (χ4v) is 5.10. The zero-order valence-electron chi connectivity index (χ0n) is 18.6. The second kappa shape index (κ2) is 9.20. The molecule has 6 heteroatoms. The summed E-state index contributed by atoms with van der Waals surface area (Å²) in [5.74, 6) is 1.01. The van der Waals surface area contributed by atoms with Crippen LogP contribution in [0.15, 0.2) is 41.8 Å². The maximum atomic E-state index is 13.1. The molecular weight excluding hydrogens is 406 g/mol. The molecule has 0 bridgehead atoms. The molecule has 4 rings (SSSR count). The Morgan fingerprint density at radius 2 is 1.68 bits per heavy atom. The molecule has 5 nitrogen and oxygen atoms in total. The summed E-state index contributed by atoms with van der Waals surface area (Å²) in [5, 5.41) is 3.22. The monoisotopic (exact) mass is 435 g/mol. The molecule has 0 N–H and O–H groups in total. The van der Waals surface area contributed by atoms with Crippen molar-refractivity contribution in [2.45, 2.75) is 27.3 Å². The molecule has 2 aromatic carbocycles. The van der Waals surface area contributed by atoms with Gasteiger partial charge in [-0.1, -0.05) is 17.7 Å². The molecule has 1 amide bonds. The zero-order valence-corrected chi connectivity index (χ0v) is 19.5. The van der Waals surface area contributed by atoms with E-state index in [1.54, 1.807) is 18.4 Å². The van der Waals surface area contributed by atoms with E-state index in [1.165, 1.54) is 5.56 Å². The maximum absolute atomic E-state index is 13.1. The molecular formula is C25H29N3O2S. The smallest absolute Gasteiger partial charge is 0.254 e. The van der Waals surface area contributed by atoms with Crippen molar-refractivity contribution in [3.63, 3.8) is 0 Å². The van der Waals surface area contributed by atoms with Crippen molar-refractivity contribution in [2.24, 2.45) is 0 Å². The van der Waals surface area contributed by atoms with Crippen LogP contribution in [0.1, 0.15) is 32.1 Å². The lowest BCUT2D eigenvalue weighted by molar-refractivity contribution is 0.0627. The van der Waals surface area contributed by atoms with Crippen LogP contribution in [0.5, 0.6) is 5.75 Å². The summed E-state index contributed by atoms with van der Waals surface area (Å²) >= 11 is 1.69. The van der Waals surface area contributed by atoms with Gasteiger partial charge in [-0.25, -0.2) is 4.98 Å². The number of aryl methyl sites for hydroxylation is 3. The lowest BCUT2D eigenvalue weighted by Gasteiger charge is -2.34. The van der Waals surface area contributed by atoms with Gasteiger partial charge in [0.25, 0.3) is 5.91 Å². The Balaban J connectivity index is 1.35. The number of nitrogens with zero attached hydrogens (tertiary/aromatic N) is 3. The minimum Gasteiger partial charge on any atom is -0.497 e. The first kappa shape index (κ1) is 21.5. The Labute approximate surface area is 188 Å². The minimum absolute atomic E-state index is 0.158. The summed E-state index contributed by atoms with van der Waals surface area (Å²) in [6.07, 6.45) is 0. The first-order valence-electron chi connectivity index (χ1n) is 10.6. The number of aromatic nitrogens is 1. The lowest BCUT2D eigenvalue weighted by atomic mass is 9.98. The van der Waals surface area contributed by atoms with Gasteiger partial charge in [0, 0.05) is 42.7 Å². The van der Waals surface area contributed by atoms with Gasteiger partial charge >= 0.3 is 0 Å². The van der Waals surface area contributed by atoms with Crippen LogP contribution < -0.4 is 4.74 Å². The third-order valence-electron chi connectivity index (χ3n) is 5.85. The van der Waals surface area contributed by atoms with Crippen LogP contribution in [0.3, 0.4) is 0 Å². The summed E-state index contributed by atoms with van der Waals surface area (Å²) in [6.45, 7) is 10.2. The molecule has 1 fully saturated rings. The number of methoxy groups -OCH3 is 1. The van der Waals surface area contributed by atoms with Crippen LogP contribution >= 0.6 is 11.3 Å². The first-order valence-corrected chi connectivity index (χ1v) is 11.5. The fraction of sp³-hybridized carbons (Fsp3) is 0.360. The number of amides is 1. The predicted molar refractivity (Wildman–Crippen MR) is 126 cm³/mol. The minimum atomic E-state index is 0.158. The standard InChI is InChI=1S/C25H29N3O2S/c1-17-13-18(2)24(19(3)14-17)25(29)28-11-9-27(10-12-28)15-23-26-22(16-31-23)20-5-7-21(30-4)8-6-20/h5-8,13-14,16H,9-12,15H2,1-4H3. The van der Waals surface area contributed by atoms with E-state index in [2.05, 4.69) is 29.3 Å². The lowest BCUT2D eigenvalue weighted by Crippen LogP contribution is -2.48. The van der Waals surface area contributed by atoms with Gasteiger partial charge in [0.2, 0.25) is 0 Å². The molecule has 0 radical (unpaired) electrons. The molecule has 1 aromatic heterocycles. The van der Waals surface area contributed by atoms with Crippen LogP contribution in [0, 0.1) is 20.8 Å². The van der Waals surface area contributed by atoms with Gasteiger partial charge in [0.15, 0.2) is 0 Å². The molecule has 2 heterocycles. The van der Waals surface area contributed by atoms with Gasteiger partial charge in [-0.15, -0.1) is 11.3 Å². The molecule has 162 valence electrons. The number of rotatable bonds is 5. The molecule has 31 heavy (non-hydrogen) atoms. The van der Waals surface area contributed by atoms with Crippen molar-refractivity contribution < 1.29 is 9.53 Å². The number of ether oxygens (including phenoxy) is 1. The topological polar surface area (TPSA) is 45.7 Å². The number of hydrogen-bond donors (Lipinski definition) is 0. The SMILES string of the molecule is COc1ccc(-c2csc(CN3CCN(C(=O)c4c(C)cc(C)cc4C)CC3)n2)cc1. The largest absolute Gasteiger partial charge is 0.497 e. The van der Waals surface area contributed by atoms with Crippen molar-refractivity contribution in [3.8, 4) is 17.0 Å². The third-order valence-corrected chi connectivity index (χ3v) is 6.68. The van der Waals surface area contributed by atoms with Crippen molar-refractivity contribution in [1.29, 1.82) is 0 Å². The molecule has 0 spiro atoms. The Hall–Kier alpha value is -2.70. The first-order chi connectivity index (χ1) is 14.9. The third kappa shape index (κ3) is 4.81. The van der Waals surface area contributed by atoms with Crippen molar-refractivity contribution in [3.05, 3.63) is 69.0 Å². The second-order valence-corrected chi connectivity index (χ2v) is 9.14. The summed E-state index contributed by atoms with van der Waals surface area (Å²) in [6, 6.07) is 12.2. The van der Waals surface area contributed by atoms with Gasteiger partial charge in [-0.05, 0) is 56.2 Å². The number of benzene rings is 2. The van der Waals surface area contributed by atoms with Crippen LogP contribution in [0.25, 0.3) is 11.3 Å². The van der Waals surface area contributed by atoms with E-state index in [9.17, 15) is 4.79 Å². The molecule has 0 aliphatic carbocycles. The Morgan fingerprint density at radius 3 is 2.29 bits per heavy atom. The zero-order chi connectivity index (χ0) is 22.0. The highest BCUT2D eigenvalue weighted by Gasteiger charge is 2.25. The average molecular weight is 436 g/mol. The van der Waals surface area contributed by atoms with E-state index in [-0.39, 0.29) is 5.91 Å². The van der Waals surface area contributed by atoms with Crippen LogP contribution in [0.2, 0.25) is 0 Å². The van der Waals surface area contributed by atoms with Crippen LogP contribution in [-0.2, 0) is 6.54 Å². The molecule has 0 unspecified atom stereocenters.